The highest BCUT2D eigenvalue weighted by molar-refractivity contribution is 5.95. The number of hydrogen-bond donors (Lipinski definition) is 1. The van der Waals surface area contributed by atoms with Crippen molar-refractivity contribution in [2.24, 2.45) is 0 Å². The monoisotopic (exact) mass is 401 g/mol. The highest BCUT2D eigenvalue weighted by Gasteiger charge is 2.14. The smallest absolute Gasteiger partial charge is 0.331 e. The summed E-state index contributed by atoms with van der Waals surface area (Å²) >= 11 is 0. The standard InChI is InChI=1S/C18H15N3O8/c1-28-16-10-14(21(26)27)7-8-15(16)19-17(22)11-29-18(23)9-4-12-2-5-13(6-3-12)20(24)25/h2-10H,11H2,1H3,(H,19,22)/b9-4+. The molecule has 0 heterocycles. The molecule has 11 heteroatoms. The molecule has 1 amide bonds. The third-order valence-electron chi connectivity index (χ3n) is 3.53. The molecule has 0 atom stereocenters. The second-order valence-corrected chi connectivity index (χ2v) is 5.48. The van der Waals surface area contributed by atoms with Crippen LogP contribution < -0.4 is 10.1 Å². The average molecular weight is 401 g/mol. The first-order valence-corrected chi connectivity index (χ1v) is 8.01. The predicted octanol–water partition coefficient (Wildman–Crippen LogP) is 2.71. The maximum absolute atomic E-state index is 11.9. The fourth-order valence-corrected chi connectivity index (χ4v) is 2.14. The van der Waals surface area contributed by atoms with Crippen LogP contribution in [0, 0.1) is 20.2 Å². The SMILES string of the molecule is COc1cc([N+](=O)[O-])ccc1NC(=O)COC(=O)/C=C/c1ccc([N+](=O)[O-])cc1. The van der Waals surface area contributed by atoms with Crippen molar-refractivity contribution in [2.75, 3.05) is 19.0 Å². The molecule has 0 aliphatic rings. The van der Waals surface area contributed by atoms with Gasteiger partial charge in [-0.05, 0) is 29.8 Å². The molecule has 0 spiro atoms. The number of nitro groups is 2. The summed E-state index contributed by atoms with van der Waals surface area (Å²) in [6.45, 7) is -0.594. The number of esters is 1. The third kappa shape index (κ3) is 6.13. The van der Waals surface area contributed by atoms with Crippen LogP contribution in [0.1, 0.15) is 5.56 Å². The number of nitrogens with zero attached hydrogens (tertiary/aromatic N) is 2. The lowest BCUT2D eigenvalue weighted by atomic mass is 10.2. The third-order valence-corrected chi connectivity index (χ3v) is 3.53. The Labute approximate surface area is 163 Å². The molecule has 0 aliphatic heterocycles. The van der Waals surface area contributed by atoms with Gasteiger partial charge in [0.2, 0.25) is 0 Å². The van der Waals surface area contributed by atoms with Crippen molar-refractivity contribution in [3.63, 3.8) is 0 Å². The number of rotatable bonds is 8. The van der Waals surface area contributed by atoms with Crippen molar-refractivity contribution in [1.82, 2.24) is 0 Å². The van der Waals surface area contributed by atoms with E-state index in [-0.39, 0.29) is 22.8 Å². The normalized spacial score (nSPS) is 10.4. The lowest BCUT2D eigenvalue weighted by Gasteiger charge is -2.09. The van der Waals surface area contributed by atoms with Gasteiger partial charge in [0.1, 0.15) is 5.75 Å². The van der Waals surface area contributed by atoms with Gasteiger partial charge in [-0.1, -0.05) is 0 Å². The minimum Gasteiger partial charge on any atom is -0.494 e. The maximum Gasteiger partial charge on any atom is 0.331 e. The molecule has 2 rings (SSSR count). The van der Waals surface area contributed by atoms with Crippen LogP contribution in [0.15, 0.2) is 48.5 Å². The number of ether oxygens (including phenoxy) is 2. The van der Waals surface area contributed by atoms with Gasteiger partial charge >= 0.3 is 5.97 Å². The maximum atomic E-state index is 11.9. The summed E-state index contributed by atoms with van der Waals surface area (Å²) in [5.74, 6) is -1.39. The first-order chi connectivity index (χ1) is 13.8. The lowest BCUT2D eigenvalue weighted by Crippen LogP contribution is -2.20. The van der Waals surface area contributed by atoms with Crippen LogP contribution in [-0.4, -0.2) is 35.4 Å². The number of hydrogen-bond acceptors (Lipinski definition) is 8. The number of carbonyl (C=O) groups excluding carboxylic acids is 2. The van der Waals surface area contributed by atoms with Crippen LogP contribution in [0.3, 0.4) is 0 Å². The first-order valence-electron chi connectivity index (χ1n) is 8.01. The molecule has 0 radical (unpaired) electrons. The molecule has 1 N–H and O–H groups in total. The summed E-state index contributed by atoms with van der Waals surface area (Å²) in [4.78, 5) is 43.8. The molecule has 0 bridgehead atoms. The van der Waals surface area contributed by atoms with Gasteiger partial charge in [0, 0.05) is 24.3 Å². The number of carbonyl (C=O) groups is 2. The zero-order chi connectivity index (χ0) is 21.4. The van der Waals surface area contributed by atoms with Crippen molar-refractivity contribution < 1.29 is 28.9 Å². The molecule has 2 aromatic carbocycles. The van der Waals surface area contributed by atoms with Gasteiger partial charge in [0.25, 0.3) is 17.3 Å². The molecule has 11 nitrogen and oxygen atoms in total. The molecule has 0 unspecified atom stereocenters. The van der Waals surface area contributed by atoms with E-state index in [2.05, 4.69) is 5.32 Å². The van der Waals surface area contributed by atoms with Crippen LogP contribution in [-0.2, 0) is 14.3 Å². The zero-order valence-electron chi connectivity index (χ0n) is 15.1. The van der Waals surface area contributed by atoms with E-state index >= 15 is 0 Å². The molecule has 2 aromatic rings. The Morgan fingerprint density at radius 1 is 1.03 bits per heavy atom. The highest BCUT2D eigenvalue weighted by atomic mass is 16.6. The number of non-ortho nitro benzene ring substituents is 2. The molecular formula is C18H15N3O8. The number of nitro benzene ring substituents is 2. The molecule has 150 valence electrons. The minimum atomic E-state index is -0.797. The quantitative estimate of drug-likeness (QED) is 0.307. The summed E-state index contributed by atoms with van der Waals surface area (Å²) in [6.07, 6.45) is 2.45. The van der Waals surface area contributed by atoms with E-state index in [9.17, 15) is 29.8 Å². The van der Waals surface area contributed by atoms with E-state index in [0.29, 0.717) is 5.56 Å². The van der Waals surface area contributed by atoms with Crippen LogP contribution in [0.2, 0.25) is 0 Å². The van der Waals surface area contributed by atoms with Gasteiger partial charge in [-0.2, -0.15) is 0 Å². The summed E-state index contributed by atoms with van der Waals surface area (Å²) < 4.78 is 9.79. The highest BCUT2D eigenvalue weighted by Crippen LogP contribution is 2.28. The fraction of sp³-hybridized carbons (Fsp3) is 0.111. The molecule has 0 saturated heterocycles. The fourth-order valence-electron chi connectivity index (χ4n) is 2.14. The Morgan fingerprint density at radius 3 is 2.24 bits per heavy atom. The summed E-state index contributed by atoms with van der Waals surface area (Å²) in [6, 6.07) is 9.12. The van der Waals surface area contributed by atoms with Gasteiger partial charge in [0.05, 0.1) is 28.7 Å². The lowest BCUT2D eigenvalue weighted by molar-refractivity contribution is -0.385. The second-order valence-electron chi connectivity index (χ2n) is 5.48. The van der Waals surface area contributed by atoms with Crippen molar-refractivity contribution in [3.8, 4) is 5.75 Å². The Bertz CT molecular complexity index is 970. The van der Waals surface area contributed by atoms with E-state index in [4.69, 9.17) is 9.47 Å². The average Bonchev–Trinajstić information content (AvgIpc) is 2.71. The Kier molecular flexibility index (Phi) is 6.96. The Hall–Kier alpha value is -4.28. The number of methoxy groups -OCH3 is 1. The number of benzene rings is 2. The van der Waals surface area contributed by atoms with Gasteiger partial charge in [-0.25, -0.2) is 4.79 Å². The predicted molar refractivity (Wildman–Crippen MR) is 101 cm³/mol. The Balaban J connectivity index is 1.89. The summed E-state index contributed by atoms with van der Waals surface area (Å²) in [5.41, 5.74) is 0.430. The van der Waals surface area contributed by atoms with Crippen LogP contribution in [0.4, 0.5) is 17.1 Å². The number of anilines is 1. The minimum absolute atomic E-state index is 0.0805. The molecule has 0 saturated carbocycles. The van der Waals surface area contributed by atoms with Crippen molar-refractivity contribution >= 4 is 35.0 Å². The number of amides is 1. The molecule has 0 aromatic heterocycles. The largest absolute Gasteiger partial charge is 0.494 e. The molecular weight excluding hydrogens is 386 g/mol. The number of nitrogens with one attached hydrogen (secondary N) is 1. The van der Waals surface area contributed by atoms with E-state index in [1.165, 1.54) is 49.6 Å². The van der Waals surface area contributed by atoms with Crippen LogP contribution in [0.5, 0.6) is 5.75 Å². The molecule has 29 heavy (non-hydrogen) atoms. The molecule has 0 fully saturated rings. The second kappa shape index (κ2) is 9.60. The van der Waals surface area contributed by atoms with E-state index in [1.54, 1.807) is 0 Å². The van der Waals surface area contributed by atoms with Gasteiger partial charge in [-0.15, -0.1) is 0 Å². The van der Waals surface area contributed by atoms with Crippen molar-refractivity contribution in [2.45, 2.75) is 0 Å². The van der Waals surface area contributed by atoms with E-state index in [0.717, 1.165) is 12.1 Å². The van der Waals surface area contributed by atoms with E-state index < -0.39 is 28.3 Å². The van der Waals surface area contributed by atoms with Gasteiger partial charge in [0.15, 0.2) is 6.61 Å². The van der Waals surface area contributed by atoms with Crippen LogP contribution >= 0.6 is 0 Å². The zero-order valence-corrected chi connectivity index (χ0v) is 15.1. The van der Waals surface area contributed by atoms with Crippen LogP contribution in [0.25, 0.3) is 6.08 Å². The first kappa shape index (κ1) is 21.0. The van der Waals surface area contributed by atoms with Crippen molar-refractivity contribution in [1.29, 1.82) is 0 Å². The van der Waals surface area contributed by atoms with Crippen molar-refractivity contribution in [3.05, 3.63) is 74.3 Å². The summed E-state index contributed by atoms with van der Waals surface area (Å²) in [7, 11) is 1.29. The van der Waals surface area contributed by atoms with Gasteiger partial charge in [-0.3, -0.25) is 25.0 Å². The topological polar surface area (TPSA) is 151 Å². The summed E-state index contributed by atoms with van der Waals surface area (Å²) in [5, 5.41) is 23.8. The molecule has 0 aliphatic carbocycles. The van der Waals surface area contributed by atoms with Gasteiger partial charge < -0.3 is 14.8 Å². The van der Waals surface area contributed by atoms with E-state index in [1.807, 2.05) is 0 Å². The Morgan fingerprint density at radius 2 is 1.66 bits per heavy atom.